The number of nitrogens with zero attached hydrogens (tertiary/aromatic N) is 2. The number of rotatable bonds is 4. The van der Waals surface area contributed by atoms with Gasteiger partial charge in [0.2, 0.25) is 5.69 Å². The maximum Gasteiger partial charge on any atom is 0.216 e. The first-order chi connectivity index (χ1) is 18.4. The lowest BCUT2D eigenvalue weighted by molar-refractivity contribution is -0.660. The van der Waals surface area contributed by atoms with E-state index < -0.39 is 0 Å². The van der Waals surface area contributed by atoms with Crippen LogP contribution in [0.3, 0.4) is 0 Å². The van der Waals surface area contributed by atoms with Crippen LogP contribution in [-0.4, -0.2) is 0 Å². The first-order valence-corrected chi connectivity index (χ1v) is 12.9. The number of benzene rings is 4. The van der Waals surface area contributed by atoms with Crippen molar-refractivity contribution in [2.24, 2.45) is 7.05 Å². The van der Waals surface area contributed by atoms with Gasteiger partial charge in [0.15, 0.2) is 6.20 Å². The number of aromatic nitrogens is 1. The van der Waals surface area contributed by atoms with E-state index in [4.69, 9.17) is 4.42 Å². The largest absolute Gasteiger partial charge is 0.454 e. The lowest BCUT2D eigenvalue weighted by atomic mass is 9.74. The van der Waals surface area contributed by atoms with Gasteiger partial charge in [-0.05, 0) is 47.4 Å². The van der Waals surface area contributed by atoms with Gasteiger partial charge in [0, 0.05) is 33.9 Å². The van der Waals surface area contributed by atoms with Crippen molar-refractivity contribution in [2.45, 2.75) is 26.2 Å². The van der Waals surface area contributed by atoms with Gasteiger partial charge in [0.1, 0.15) is 18.2 Å². The molecule has 0 unspecified atom stereocenters. The number of furan rings is 1. The predicted octanol–water partition coefficient (Wildman–Crippen LogP) is 8.25. The van der Waals surface area contributed by atoms with Crippen LogP contribution in [0.5, 0.6) is 0 Å². The van der Waals surface area contributed by atoms with Gasteiger partial charge >= 0.3 is 0 Å². The summed E-state index contributed by atoms with van der Waals surface area (Å²) in [5.41, 5.74) is 9.47. The van der Waals surface area contributed by atoms with Crippen molar-refractivity contribution in [2.75, 3.05) is 0 Å². The molecule has 0 saturated carbocycles. The Hall–Kier alpha value is -4.68. The van der Waals surface area contributed by atoms with Crippen molar-refractivity contribution in [3.8, 4) is 28.5 Å². The van der Waals surface area contributed by atoms with Crippen molar-refractivity contribution in [1.82, 2.24) is 0 Å². The van der Waals surface area contributed by atoms with Crippen molar-refractivity contribution < 1.29 is 8.98 Å². The Balaban J connectivity index is 1.70. The SMILES string of the molecule is Cc1ccc2c(oc3c(-c4ccccc4C(C)(C)c4ccccc4)c(C#N)ccc32)c1-c1cccc[n+]1C. The summed E-state index contributed by atoms with van der Waals surface area (Å²) in [7, 11) is 2.05. The molecule has 0 aliphatic carbocycles. The molecule has 2 heterocycles. The average molecular weight is 494 g/mol. The highest BCUT2D eigenvalue weighted by Crippen LogP contribution is 2.45. The van der Waals surface area contributed by atoms with E-state index in [1.807, 2.05) is 30.3 Å². The summed E-state index contributed by atoms with van der Waals surface area (Å²) in [4.78, 5) is 0. The second-order valence-corrected chi connectivity index (χ2v) is 10.4. The van der Waals surface area contributed by atoms with Gasteiger partial charge < -0.3 is 4.42 Å². The van der Waals surface area contributed by atoms with E-state index in [9.17, 15) is 5.26 Å². The van der Waals surface area contributed by atoms with Gasteiger partial charge in [-0.3, -0.25) is 0 Å². The standard InChI is InChI=1S/C35H29N2O/c1-23-17-19-26-27-20-18-24(22-36)32(34(27)38-33(26)31(23)30-16-10-11-21-37(30)4)28-14-8-9-15-29(28)35(2,3)25-12-6-5-7-13-25/h5-21H,1-4H3/q+1. The molecule has 4 aromatic carbocycles. The van der Waals surface area contributed by atoms with Crippen LogP contribution in [0.1, 0.15) is 36.1 Å². The second kappa shape index (κ2) is 9.01. The molecule has 38 heavy (non-hydrogen) atoms. The molecule has 0 spiro atoms. The smallest absolute Gasteiger partial charge is 0.216 e. The summed E-state index contributed by atoms with van der Waals surface area (Å²) in [5.74, 6) is 0. The van der Waals surface area contributed by atoms with E-state index in [0.717, 1.165) is 55.4 Å². The summed E-state index contributed by atoms with van der Waals surface area (Å²) >= 11 is 0. The first kappa shape index (κ1) is 23.7. The van der Waals surface area contributed by atoms with Crippen LogP contribution < -0.4 is 4.57 Å². The van der Waals surface area contributed by atoms with Crippen LogP contribution in [0.15, 0.2) is 108 Å². The number of fused-ring (bicyclic) bond motifs is 3. The van der Waals surface area contributed by atoms with Crippen molar-refractivity contribution in [3.63, 3.8) is 0 Å². The monoisotopic (exact) mass is 493 g/mol. The minimum atomic E-state index is -0.279. The Morgan fingerprint density at radius 3 is 2.13 bits per heavy atom. The van der Waals surface area contributed by atoms with Gasteiger partial charge in [-0.25, -0.2) is 4.57 Å². The van der Waals surface area contributed by atoms with Crippen LogP contribution in [0.4, 0.5) is 0 Å². The highest BCUT2D eigenvalue weighted by molar-refractivity contribution is 6.14. The number of aryl methyl sites for hydroxylation is 2. The molecule has 3 heteroatoms. The van der Waals surface area contributed by atoms with E-state index in [2.05, 4.69) is 111 Å². The molecule has 3 nitrogen and oxygen atoms in total. The third kappa shape index (κ3) is 3.61. The number of nitriles is 1. The summed E-state index contributed by atoms with van der Waals surface area (Å²) in [6.45, 7) is 6.60. The fourth-order valence-electron chi connectivity index (χ4n) is 5.72. The third-order valence-corrected chi connectivity index (χ3v) is 7.81. The van der Waals surface area contributed by atoms with Crippen LogP contribution in [-0.2, 0) is 12.5 Å². The zero-order valence-corrected chi connectivity index (χ0v) is 22.1. The molecule has 6 rings (SSSR count). The number of hydrogen-bond donors (Lipinski definition) is 0. The molecule has 0 bridgehead atoms. The lowest BCUT2D eigenvalue weighted by Gasteiger charge is -2.29. The van der Waals surface area contributed by atoms with Crippen molar-refractivity contribution in [1.29, 1.82) is 5.26 Å². The maximum absolute atomic E-state index is 10.2. The molecule has 2 aromatic heterocycles. The van der Waals surface area contributed by atoms with Crippen molar-refractivity contribution >= 4 is 21.9 Å². The molecule has 0 radical (unpaired) electrons. The van der Waals surface area contributed by atoms with Gasteiger partial charge in [0.05, 0.1) is 17.2 Å². The zero-order chi connectivity index (χ0) is 26.4. The van der Waals surface area contributed by atoms with Gasteiger partial charge in [-0.15, -0.1) is 0 Å². The molecule has 6 aromatic rings. The molecular weight excluding hydrogens is 464 g/mol. The molecule has 0 atom stereocenters. The normalized spacial score (nSPS) is 11.7. The van der Waals surface area contributed by atoms with Crippen LogP contribution in [0, 0.1) is 18.3 Å². The molecule has 0 saturated heterocycles. The van der Waals surface area contributed by atoms with Crippen LogP contribution in [0.25, 0.3) is 44.3 Å². The van der Waals surface area contributed by atoms with E-state index in [-0.39, 0.29) is 5.41 Å². The van der Waals surface area contributed by atoms with Gasteiger partial charge in [0.25, 0.3) is 0 Å². The quantitative estimate of drug-likeness (QED) is 0.232. The average Bonchev–Trinajstić information content (AvgIpc) is 3.32. The zero-order valence-electron chi connectivity index (χ0n) is 22.1. The van der Waals surface area contributed by atoms with E-state index in [1.165, 1.54) is 5.56 Å². The minimum Gasteiger partial charge on any atom is -0.454 e. The molecule has 0 amide bonds. The fraction of sp³-hybridized carbons (Fsp3) is 0.143. The third-order valence-electron chi connectivity index (χ3n) is 7.81. The molecule has 0 N–H and O–H groups in total. The Bertz CT molecular complexity index is 1870. The molecule has 184 valence electrons. The van der Waals surface area contributed by atoms with Crippen molar-refractivity contribution in [3.05, 3.63) is 126 Å². The fourth-order valence-corrected chi connectivity index (χ4v) is 5.72. The van der Waals surface area contributed by atoms with Crippen LogP contribution >= 0.6 is 0 Å². The Morgan fingerprint density at radius 1 is 0.737 bits per heavy atom. The molecule has 0 aliphatic heterocycles. The van der Waals surface area contributed by atoms with Gasteiger partial charge in [-0.2, -0.15) is 5.26 Å². The Morgan fingerprint density at radius 2 is 1.39 bits per heavy atom. The summed E-state index contributed by atoms with van der Waals surface area (Å²) < 4.78 is 8.93. The first-order valence-electron chi connectivity index (χ1n) is 12.9. The second-order valence-electron chi connectivity index (χ2n) is 10.4. The molecule has 0 aliphatic rings. The summed E-state index contributed by atoms with van der Waals surface area (Å²) in [5, 5.41) is 12.3. The highest BCUT2D eigenvalue weighted by Gasteiger charge is 2.29. The topological polar surface area (TPSA) is 40.8 Å². The minimum absolute atomic E-state index is 0.279. The Kier molecular flexibility index (Phi) is 5.62. The molecular formula is C35H29N2O+. The summed E-state index contributed by atoms with van der Waals surface area (Å²) in [6.07, 6.45) is 2.05. The van der Waals surface area contributed by atoms with E-state index in [1.54, 1.807) is 0 Å². The highest BCUT2D eigenvalue weighted by atomic mass is 16.3. The van der Waals surface area contributed by atoms with Gasteiger partial charge in [-0.1, -0.05) is 80.6 Å². The van der Waals surface area contributed by atoms with Crippen LogP contribution in [0.2, 0.25) is 0 Å². The van der Waals surface area contributed by atoms with E-state index in [0.29, 0.717) is 5.56 Å². The van der Waals surface area contributed by atoms with E-state index >= 15 is 0 Å². The molecule has 0 fully saturated rings. The number of hydrogen-bond acceptors (Lipinski definition) is 2. The lowest BCUT2D eigenvalue weighted by Crippen LogP contribution is -2.30. The number of pyridine rings is 1. The maximum atomic E-state index is 10.2. The predicted molar refractivity (Wildman–Crippen MR) is 154 cm³/mol. The summed E-state index contributed by atoms with van der Waals surface area (Å²) in [6, 6.07) is 35.8. The Labute approximate surface area is 223 Å².